The van der Waals surface area contributed by atoms with Crippen molar-refractivity contribution in [3.8, 4) is 6.07 Å². The van der Waals surface area contributed by atoms with Crippen molar-refractivity contribution in [2.75, 3.05) is 0 Å². The fourth-order valence-corrected chi connectivity index (χ4v) is 1.52. The summed E-state index contributed by atoms with van der Waals surface area (Å²) < 4.78 is 5.14. The first-order chi connectivity index (χ1) is 9.31. The Kier molecular flexibility index (Phi) is 5.53. The van der Waals surface area contributed by atoms with Crippen LogP contribution in [-0.2, 0) is 11.3 Å². The first-order valence-corrected chi connectivity index (χ1v) is 6.38. The summed E-state index contributed by atoms with van der Waals surface area (Å²) in [4.78, 5) is 15.7. The number of carbonyl (C=O) groups is 1. The zero-order valence-electron chi connectivity index (χ0n) is 11.6. The van der Waals surface area contributed by atoms with Crippen molar-refractivity contribution >= 4 is 23.8 Å². The molecule has 6 heteroatoms. The highest BCUT2D eigenvalue weighted by atomic mass is 35.5. The molecule has 106 valence electrons. The summed E-state index contributed by atoms with van der Waals surface area (Å²) in [6, 6.07) is 5.25. The number of rotatable bonds is 3. The molecule has 0 fully saturated rings. The maximum Gasteiger partial charge on any atom is 0.407 e. The summed E-state index contributed by atoms with van der Waals surface area (Å²) in [7, 11) is 0. The standard InChI is InChI=1S/C14H16ClN3O2/c1-14(2,3)20-13(19)17-9-10-6-7-12(15)18-11(10)5-4-8-16/h4-7H,9H2,1-3H3,(H,17,19)/b5-4+. The van der Waals surface area contributed by atoms with Gasteiger partial charge in [0.05, 0.1) is 11.8 Å². The highest BCUT2D eigenvalue weighted by molar-refractivity contribution is 6.29. The zero-order valence-corrected chi connectivity index (χ0v) is 12.4. The Morgan fingerprint density at radius 2 is 2.25 bits per heavy atom. The van der Waals surface area contributed by atoms with Gasteiger partial charge in [-0.15, -0.1) is 0 Å². The van der Waals surface area contributed by atoms with Gasteiger partial charge in [0.25, 0.3) is 0 Å². The maximum atomic E-state index is 11.6. The highest BCUT2D eigenvalue weighted by Crippen LogP contribution is 2.14. The van der Waals surface area contributed by atoms with Crippen LogP contribution in [0.25, 0.3) is 6.08 Å². The second kappa shape index (κ2) is 6.92. The summed E-state index contributed by atoms with van der Waals surface area (Å²) in [6.45, 7) is 5.61. The minimum atomic E-state index is -0.550. The largest absolute Gasteiger partial charge is 0.444 e. The normalized spacial score (nSPS) is 11.2. The van der Waals surface area contributed by atoms with Crippen LogP contribution in [-0.4, -0.2) is 16.7 Å². The van der Waals surface area contributed by atoms with Gasteiger partial charge in [-0.1, -0.05) is 17.7 Å². The minimum absolute atomic E-state index is 0.240. The van der Waals surface area contributed by atoms with Gasteiger partial charge in [-0.2, -0.15) is 5.26 Å². The Bertz CT molecular complexity index is 557. The molecule has 0 saturated carbocycles. The Morgan fingerprint density at radius 3 is 2.85 bits per heavy atom. The third kappa shape index (κ3) is 5.72. The number of pyridine rings is 1. The first kappa shape index (κ1) is 16.0. The maximum absolute atomic E-state index is 11.6. The lowest BCUT2D eigenvalue weighted by atomic mass is 10.2. The zero-order chi connectivity index (χ0) is 15.2. The van der Waals surface area contributed by atoms with E-state index >= 15 is 0 Å². The van der Waals surface area contributed by atoms with E-state index in [0.29, 0.717) is 10.8 Å². The van der Waals surface area contributed by atoms with Crippen molar-refractivity contribution in [3.63, 3.8) is 0 Å². The lowest BCUT2D eigenvalue weighted by Crippen LogP contribution is -2.32. The average Bonchev–Trinajstić information content (AvgIpc) is 2.33. The molecule has 0 aliphatic rings. The van der Waals surface area contributed by atoms with Gasteiger partial charge in [0.15, 0.2) is 0 Å². The van der Waals surface area contributed by atoms with Crippen molar-refractivity contribution in [3.05, 3.63) is 34.6 Å². The van der Waals surface area contributed by atoms with Crippen molar-refractivity contribution in [1.82, 2.24) is 10.3 Å². The molecule has 0 aliphatic carbocycles. The van der Waals surface area contributed by atoms with Gasteiger partial charge in [-0.05, 0) is 38.5 Å². The number of nitrogens with zero attached hydrogens (tertiary/aromatic N) is 2. The second-order valence-electron chi connectivity index (χ2n) is 5.00. The summed E-state index contributed by atoms with van der Waals surface area (Å²) in [5, 5.41) is 11.5. The second-order valence-corrected chi connectivity index (χ2v) is 5.38. The molecule has 0 spiro atoms. The number of nitrogens with one attached hydrogen (secondary N) is 1. The summed E-state index contributed by atoms with van der Waals surface area (Å²) in [5.74, 6) is 0. The van der Waals surface area contributed by atoms with E-state index in [0.717, 1.165) is 5.56 Å². The van der Waals surface area contributed by atoms with Crippen LogP contribution in [0.2, 0.25) is 5.15 Å². The van der Waals surface area contributed by atoms with E-state index < -0.39 is 11.7 Å². The molecule has 5 nitrogen and oxygen atoms in total. The van der Waals surface area contributed by atoms with Crippen molar-refractivity contribution in [1.29, 1.82) is 5.26 Å². The summed E-state index contributed by atoms with van der Waals surface area (Å²) in [6.07, 6.45) is 2.33. The van der Waals surface area contributed by atoms with Gasteiger partial charge in [-0.25, -0.2) is 9.78 Å². The molecule has 1 aromatic heterocycles. The molecule has 0 aromatic carbocycles. The van der Waals surface area contributed by atoms with Crippen molar-refractivity contribution in [2.45, 2.75) is 32.9 Å². The van der Waals surface area contributed by atoms with E-state index in [-0.39, 0.29) is 6.54 Å². The number of hydrogen-bond acceptors (Lipinski definition) is 4. The predicted octanol–water partition coefficient (Wildman–Crippen LogP) is 3.30. The number of aromatic nitrogens is 1. The minimum Gasteiger partial charge on any atom is -0.444 e. The van der Waals surface area contributed by atoms with Gasteiger partial charge in [0.2, 0.25) is 0 Å². The summed E-state index contributed by atoms with van der Waals surface area (Å²) >= 11 is 5.81. The molecule has 1 N–H and O–H groups in total. The van der Waals surface area contributed by atoms with Crippen molar-refractivity contribution < 1.29 is 9.53 Å². The molecule has 20 heavy (non-hydrogen) atoms. The van der Waals surface area contributed by atoms with E-state index in [1.807, 2.05) is 6.07 Å². The SMILES string of the molecule is CC(C)(C)OC(=O)NCc1ccc(Cl)nc1/C=C/C#N. The molecule has 1 aromatic rings. The first-order valence-electron chi connectivity index (χ1n) is 6.00. The summed E-state index contributed by atoms with van der Waals surface area (Å²) in [5.41, 5.74) is 0.730. The molecule has 1 amide bonds. The Balaban J connectivity index is 2.75. The van der Waals surface area contributed by atoms with E-state index in [1.165, 1.54) is 12.2 Å². The lowest BCUT2D eigenvalue weighted by Gasteiger charge is -2.19. The Morgan fingerprint density at radius 1 is 1.55 bits per heavy atom. The monoisotopic (exact) mass is 293 g/mol. The third-order valence-corrected chi connectivity index (χ3v) is 2.33. The smallest absolute Gasteiger partial charge is 0.407 e. The number of halogens is 1. The predicted molar refractivity (Wildman–Crippen MR) is 77.0 cm³/mol. The van der Waals surface area contributed by atoms with E-state index in [1.54, 1.807) is 32.9 Å². The number of ether oxygens (including phenoxy) is 1. The van der Waals surface area contributed by atoms with Gasteiger partial charge < -0.3 is 10.1 Å². The molecule has 0 bridgehead atoms. The fourth-order valence-electron chi connectivity index (χ4n) is 1.37. The van der Waals surface area contributed by atoms with E-state index in [4.69, 9.17) is 21.6 Å². The van der Waals surface area contributed by atoms with Gasteiger partial charge in [-0.3, -0.25) is 0 Å². The van der Waals surface area contributed by atoms with Crippen LogP contribution in [0.3, 0.4) is 0 Å². The number of alkyl carbamates (subject to hydrolysis) is 1. The van der Waals surface area contributed by atoms with Gasteiger partial charge in [0, 0.05) is 12.6 Å². The van der Waals surface area contributed by atoms with Crippen LogP contribution in [0, 0.1) is 11.3 Å². The number of amides is 1. The molecule has 1 heterocycles. The quantitative estimate of drug-likeness (QED) is 0.685. The molecule has 0 aliphatic heterocycles. The average molecular weight is 294 g/mol. The molecule has 0 unspecified atom stereocenters. The van der Waals surface area contributed by atoms with Crippen LogP contribution < -0.4 is 5.32 Å². The van der Waals surface area contributed by atoms with Crippen LogP contribution in [0.4, 0.5) is 4.79 Å². The van der Waals surface area contributed by atoms with Crippen LogP contribution in [0.15, 0.2) is 18.2 Å². The number of carbonyl (C=O) groups excluding carboxylic acids is 1. The molecule has 1 rings (SSSR count). The Hall–Kier alpha value is -2.06. The van der Waals surface area contributed by atoms with Crippen LogP contribution in [0.1, 0.15) is 32.0 Å². The lowest BCUT2D eigenvalue weighted by molar-refractivity contribution is 0.0523. The van der Waals surface area contributed by atoms with Crippen molar-refractivity contribution in [2.24, 2.45) is 0 Å². The van der Waals surface area contributed by atoms with E-state index in [2.05, 4.69) is 10.3 Å². The van der Waals surface area contributed by atoms with Crippen LogP contribution in [0.5, 0.6) is 0 Å². The molecule has 0 saturated heterocycles. The topological polar surface area (TPSA) is 75.0 Å². The highest BCUT2D eigenvalue weighted by Gasteiger charge is 2.16. The molecule has 0 radical (unpaired) electrons. The molecular weight excluding hydrogens is 278 g/mol. The van der Waals surface area contributed by atoms with Gasteiger partial charge >= 0.3 is 6.09 Å². The molecule has 0 atom stereocenters. The number of allylic oxidation sites excluding steroid dienone is 1. The van der Waals surface area contributed by atoms with Crippen LogP contribution >= 0.6 is 11.6 Å². The third-order valence-electron chi connectivity index (χ3n) is 2.12. The Labute approximate surface area is 123 Å². The van der Waals surface area contributed by atoms with E-state index in [9.17, 15) is 4.79 Å². The molecular formula is C14H16ClN3O2. The number of hydrogen-bond donors (Lipinski definition) is 1. The van der Waals surface area contributed by atoms with Gasteiger partial charge in [0.1, 0.15) is 10.8 Å². The number of nitriles is 1. The fraction of sp³-hybridized carbons (Fsp3) is 0.357.